The monoisotopic (exact) mass is 285 g/mol. The fraction of sp³-hybridized carbons (Fsp3) is 0.273. The Morgan fingerprint density at radius 1 is 1.32 bits per heavy atom. The molecule has 0 fully saturated rings. The molecule has 0 aliphatic carbocycles. The maximum atomic E-state index is 12.2. The molecule has 0 spiro atoms. The zero-order valence-electron chi connectivity index (χ0n) is 10.5. The van der Waals surface area contributed by atoms with E-state index in [9.17, 15) is 18.0 Å². The minimum absolute atomic E-state index is 0.0358. The Balaban J connectivity index is 3.13. The summed E-state index contributed by atoms with van der Waals surface area (Å²) in [6.07, 6.45) is 0. The zero-order valence-corrected chi connectivity index (χ0v) is 11.3. The van der Waals surface area contributed by atoms with Gasteiger partial charge in [0.05, 0.1) is 4.90 Å². The fourth-order valence-corrected chi connectivity index (χ4v) is 2.74. The second-order valence-corrected chi connectivity index (χ2v) is 6.33. The number of nitrogens with one attached hydrogen (secondary N) is 1. The summed E-state index contributed by atoms with van der Waals surface area (Å²) >= 11 is 0. The summed E-state index contributed by atoms with van der Waals surface area (Å²) in [6, 6.07) is 3.03. The van der Waals surface area contributed by atoms with Crippen molar-refractivity contribution in [3.05, 3.63) is 23.8 Å². The first kappa shape index (κ1) is 15.0. The lowest BCUT2D eigenvalue weighted by Crippen LogP contribution is -2.43. The molecular weight excluding hydrogens is 270 g/mol. The SMILES string of the molecule is Cc1cc(S(=O)(=O)C(C)C(=O)NC(N)=O)ccc1N. The topological polar surface area (TPSA) is 132 Å². The third-order valence-corrected chi connectivity index (χ3v) is 4.71. The first-order chi connectivity index (χ1) is 8.66. The van der Waals surface area contributed by atoms with Crippen LogP contribution in [-0.4, -0.2) is 25.6 Å². The number of hydrogen-bond acceptors (Lipinski definition) is 5. The number of sulfone groups is 1. The first-order valence-electron chi connectivity index (χ1n) is 5.36. The number of carbonyl (C=O) groups excluding carboxylic acids is 2. The van der Waals surface area contributed by atoms with E-state index >= 15 is 0 Å². The van der Waals surface area contributed by atoms with E-state index in [0.717, 1.165) is 0 Å². The molecule has 1 aromatic carbocycles. The lowest BCUT2D eigenvalue weighted by atomic mass is 10.2. The highest BCUT2D eigenvalue weighted by Crippen LogP contribution is 2.20. The van der Waals surface area contributed by atoms with E-state index in [1.54, 1.807) is 12.2 Å². The largest absolute Gasteiger partial charge is 0.399 e. The smallest absolute Gasteiger partial charge is 0.318 e. The van der Waals surface area contributed by atoms with Gasteiger partial charge in [0.25, 0.3) is 0 Å². The summed E-state index contributed by atoms with van der Waals surface area (Å²) in [4.78, 5) is 22.0. The van der Waals surface area contributed by atoms with Gasteiger partial charge in [0.1, 0.15) is 5.25 Å². The van der Waals surface area contributed by atoms with Crippen molar-refractivity contribution in [2.45, 2.75) is 24.0 Å². The molecule has 0 aliphatic rings. The van der Waals surface area contributed by atoms with Crippen molar-refractivity contribution in [1.82, 2.24) is 5.32 Å². The Bertz CT molecular complexity index is 625. The van der Waals surface area contributed by atoms with Crippen molar-refractivity contribution in [3.63, 3.8) is 0 Å². The second kappa shape index (κ2) is 5.27. The van der Waals surface area contributed by atoms with Crippen molar-refractivity contribution in [1.29, 1.82) is 0 Å². The third-order valence-electron chi connectivity index (χ3n) is 2.65. The van der Waals surface area contributed by atoms with Crippen LogP contribution < -0.4 is 16.8 Å². The van der Waals surface area contributed by atoms with Crippen LogP contribution in [0.2, 0.25) is 0 Å². The number of rotatable bonds is 3. The van der Waals surface area contributed by atoms with Gasteiger partial charge in [-0.05, 0) is 37.6 Å². The van der Waals surface area contributed by atoms with Crippen molar-refractivity contribution >= 4 is 27.5 Å². The molecule has 0 radical (unpaired) electrons. The summed E-state index contributed by atoms with van der Waals surface area (Å²) in [7, 11) is -3.90. The maximum Gasteiger partial charge on any atom is 0.318 e. The number of amides is 3. The summed E-state index contributed by atoms with van der Waals surface area (Å²) in [5.74, 6) is -0.970. The summed E-state index contributed by atoms with van der Waals surface area (Å²) in [6.45, 7) is 2.84. The molecule has 0 saturated heterocycles. The van der Waals surface area contributed by atoms with Gasteiger partial charge in [0.15, 0.2) is 9.84 Å². The van der Waals surface area contributed by atoms with Gasteiger partial charge in [-0.2, -0.15) is 0 Å². The van der Waals surface area contributed by atoms with Crippen LogP contribution in [0.25, 0.3) is 0 Å². The fourth-order valence-electron chi connectivity index (χ4n) is 1.39. The van der Waals surface area contributed by atoms with Crippen LogP contribution in [0.4, 0.5) is 10.5 Å². The highest BCUT2D eigenvalue weighted by Gasteiger charge is 2.30. The minimum Gasteiger partial charge on any atom is -0.399 e. The molecule has 0 aliphatic heterocycles. The predicted molar refractivity (Wildman–Crippen MR) is 70.0 cm³/mol. The lowest BCUT2D eigenvalue weighted by Gasteiger charge is -2.12. The van der Waals surface area contributed by atoms with Gasteiger partial charge in [-0.25, -0.2) is 13.2 Å². The normalized spacial score (nSPS) is 12.7. The molecular formula is C11H15N3O4S. The Morgan fingerprint density at radius 3 is 2.37 bits per heavy atom. The summed E-state index contributed by atoms with van der Waals surface area (Å²) in [5, 5.41) is 0.313. The number of urea groups is 1. The molecule has 0 aromatic heterocycles. The van der Waals surface area contributed by atoms with Crippen LogP contribution in [0.1, 0.15) is 12.5 Å². The molecule has 1 aromatic rings. The highest BCUT2D eigenvalue weighted by atomic mass is 32.2. The molecule has 0 saturated carbocycles. The number of anilines is 1. The molecule has 1 rings (SSSR count). The molecule has 104 valence electrons. The molecule has 19 heavy (non-hydrogen) atoms. The quantitative estimate of drug-likeness (QED) is 0.669. The number of nitrogen functional groups attached to an aromatic ring is 1. The molecule has 8 heteroatoms. The third kappa shape index (κ3) is 3.22. The highest BCUT2D eigenvalue weighted by molar-refractivity contribution is 7.92. The molecule has 1 unspecified atom stereocenters. The van der Waals surface area contributed by atoms with Gasteiger partial charge in [0.2, 0.25) is 5.91 Å². The molecule has 5 N–H and O–H groups in total. The van der Waals surface area contributed by atoms with Gasteiger partial charge < -0.3 is 11.5 Å². The summed E-state index contributed by atoms with van der Waals surface area (Å²) in [5.41, 5.74) is 11.4. The van der Waals surface area contributed by atoms with Gasteiger partial charge in [0, 0.05) is 5.69 Å². The number of imide groups is 1. The van der Waals surface area contributed by atoms with E-state index < -0.39 is 27.0 Å². The van der Waals surface area contributed by atoms with Crippen LogP contribution in [0.5, 0.6) is 0 Å². The predicted octanol–water partition coefficient (Wildman–Crippen LogP) is -0.0657. The average molecular weight is 285 g/mol. The number of aryl methyl sites for hydroxylation is 1. The van der Waals surface area contributed by atoms with Gasteiger partial charge in [-0.3, -0.25) is 10.1 Å². The molecule has 0 bridgehead atoms. The number of hydrogen-bond donors (Lipinski definition) is 3. The van der Waals surface area contributed by atoms with Crippen LogP contribution in [0, 0.1) is 6.92 Å². The number of primary amides is 1. The second-order valence-electron chi connectivity index (χ2n) is 4.06. The Morgan fingerprint density at radius 2 is 1.89 bits per heavy atom. The van der Waals surface area contributed by atoms with Crippen LogP contribution in [-0.2, 0) is 14.6 Å². The Kier molecular flexibility index (Phi) is 4.15. The van der Waals surface area contributed by atoms with Gasteiger partial charge in [-0.15, -0.1) is 0 Å². The van der Waals surface area contributed by atoms with Crippen molar-refractivity contribution in [2.24, 2.45) is 5.73 Å². The van der Waals surface area contributed by atoms with E-state index in [4.69, 9.17) is 11.5 Å². The standard InChI is InChI=1S/C11H15N3O4S/c1-6-5-8(3-4-9(6)12)19(17,18)7(2)10(15)14-11(13)16/h3-5,7H,12H2,1-2H3,(H3,13,14,15,16). The van der Waals surface area contributed by atoms with E-state index in [-0.39, 0.29) is 4.90 Å². The maximum absolute atomic E-state index is 12.2. The van der Waals surface area contributed by atoms with Gasteiger partial charge in [-0.1, -0.05) is 0 Å². The van der Waals surface area contributed by atoms with Crippen LogP contribution >= 0.6 is 0 Å². The van der Waals surface area contributed by atoms with Crippen molar-refractivity contribution in [3.8, 4) is 0 Å². The number of carbonyl (C=O) groups is 2. The minimum atomic E-state index is -3.90. The van der Waals surface area contributed by atoms with E-state index in [2.05, 4.69) is 0 Å². The van der Waals surface area contributed by atoms with Crippen LogP contribution in [0.15, 0.2) is 23.1 Å². The van der Waals surface area contributed by atoms with E-state index in [0.29, 0.717) is 11.3 Å². The van der Waals surface area contributed by atoms with E-state index in [1.165, 1.54) is 25.1 Å². The summed E-state index contributed by atoms with van der Waals surface area (Å²) < 4.78 is 24.3. The molecule has 7 nitrogen and oxygen atoms in total. The Labute approximate surface area is 110 Å². The molecule has 0 heterocycles. The van der Waals surface area contributed by atoms with Gasteiger partial charge >= 0.3 is 6.03 Å². The van der Waals surface area contributed by atoms with Crippen molar-refractivity contribution < 1.29 is 18.0 Å². The number of benzene rings is 1. The van der Waals surface area contributed by atoms with Crippen molar-refractivity contribution in [2.75, 3.05) is 5.73 Å². The first-order valence-corrected chi connectivity index (χ1v) is 6.91. The number of nitrogens with two attached hydrogens (primary N) is 2. The van der Waals surface area contributed by atoms with E-state index in [1.807, 2.05) is 0 Å². The van der Waals surface area contributed by atoms with Crippen LogP contribution in [0.3, 0.4) is 0 Å². The average Bonchev–Trinajstić information content (AvgIpc) is 2.30. The lowest BCUT2D eigenvalue weighted by molar-refractivity contribution is -0.119. The Hall–Kier alpha value is -2.09. The zero-order chi connectivity index (χ0) is 14.8. The molecule has 3 amide bonds. The molecule has 1 atom stereocenters.